The van der Waals surface area contributed by atoms with Crippen molar-refractivity contribution in [3.05, 3.63) is 12.2 Å². The molecule has 0 saturated heterocycles. The van der Waals surface area contributed by atoms with Crippen LogP contribution < -0.4 is 0 Å². The topological polar surface area (TPSA) is 26.3 Å². The summed E-state index contributed by atoms with van der Waals surface area (Å²) in [5.74, 6) is -5.11. The molecular weight excluding hydrogens is 197 g/mol. The molecule has 0 heterocycles. The largest absolute Gasteiger partial charge is 0.462 e. The van der Waals surface area contributed by atoms with Crippen molar-refractivity contribution in [2.75, 3.05) is 6.61 Å². The van der Waals surface area contributed by atoms with Crippen LogP contribution in [-0.2, 0) is 9.53 Å². The second-order valence-electron chi connectivity index (χ2n) is 2.85. The molecule has 0 aliphatic heterocycles. The molecule has 0 amide bonds. The first-order valence-electron chi connectivity index (χ1n) is 4.22. The first-order valence-corrected chi connectivity index (χ1v) is 4.22. The summed E-state index contributed by atoms with van der Waals surface area (Å²) in [6.45, 7) is 5.24. The minimum absolute atomic E-state index is 0.0224. The highest BCUT2D eigenvalue weighted by Crippen LogP contribution is 2.29. The van der Waals surface area contributed by atoms with E-state index >= 15 is 0 Å². The Morgan fingerprint density at radius 3 is 2.43 bits per heavy atom. The molecule has 2 nitrogen and oxygen atoms in total. The lowest BCUT2D eigenvalue weighted by atomic mass is 10.1. The van der Waals surface area contributed by atoms with Gasteiger partial charge in [0.1, 0.15) is 5.57 Å². The van der Waals surface area contributed by atoms with Gasteiger partial charge < -0.3 is 4.74 Å². The van der Waals surface area contributed by atoms with E-state index in [1.165, 1.54) is 0 Å². The van der Waals surface area contributed by atoms with Gasteiger partial charge in [0.2, 0.25) is 0 Å². The summed E-state index contributed by atoms with van der Waals surface area (Å²) in [5, 5.41) is 0. The van der Waals surface area contributed by atoms with Crippen LogP contribution in [0.5, 0.6) is 0 Å². The molecule has 0 radical (unpaired) electrons. The molecule has 0 aromatic carbocycles. The molecule has 0 N–H and O–H groups in total. The van der Waals surface area contributed by atoms with E-state index in [0.717, 1.165) is 0 Å². The van der Waals surface area contributed by atoms with Crippen molar-refractivity contribution in [1.82, 2.24) is 0 Å². The lowest BCUT2D eigenvalue weighted by Crippen LogP contribution is -2.34. The second-order valence-corrected chi connectivity index (χ2v) is 2.85. The van der Waals surface area contributed by atoms with Crippen LogP contribution in [0.15, 0.2) is 12.2 Å². The molecule has 0 fully saturated rings. The molecular formula is C9H13F3O2. The number of ether oxygens (including phenoxy) is 1. The number of esters is 1. The Morgan fingerprint density at radius 1 is 1.57 bits per heavy atom. The fourth-order valence-corrected chi connectivity index (χ4v) is 0.658. The predicted molar refractivity (Wildman–Crippen MR) is 45.9 cm³/mol. The van der Waals surface area contributed by atoms with E-state index in [1.807, 2.05) is 0 Å². The zero-order valence-electron chi connectivity index (χ0n) is 8.15. The van der Waals surface area contributed by atoms with Crippen LogP contribution in [0, 0.1) is 0 Å². The van der Waals surface area contributed by atoms with Gasteiger partial charge in [0.05, 0.1) is 6.61 Å². The molecule has 82 valence electrons. The van der Waals surface area contributed by atoms with Gasteiger partial charge in [-0.25, -0.2) is 9.18 Å². The molecule has 1 unspecified atom stereocenters. The summed E-state index contributed by atoms with van der Waals surface area (Å²) < 4.78 is 42.5. The van der Waals surface area contributed by atoms with Crippen molar-refractivity contribution < 1.29 is 22.7 Å². The number of hydrogen-bond donors (Lipinski definition) is 0. The van der Waals surface area contributed by atoms with Crippen LogP contribution in [-0.4, -0.2) is 24.7 Å². The minimum Gasteiger partial charge on any atom is -0.462 e. The number of carbonyl (C=O) groups is 1. The monoisotopic (exact) mass is 210 g/mol. The second kappa shape index (κ2) is 5.02. The SMILES string of the molecule is C=C(C(=O)OCCC)C(F)(F)C(C)F. The van der Waals surface area contributed by atoms with Crippen molar-refractivity contribution >= 4 is 5.97 Å². The van der Waals surface area contributed by atoms with Crippen LogP contribution in [0.2, 0.25) is 0 Å². The van der Waals surface area contributed by atoms with E-state index in [-0.39, 0.29) is 6.61 Å². The number of rotatable bonds is 5. The van der Waals surface area contributed by atoms with Crippen molar-refractivity contribution in [2.24, 2.45) is 0 Å². The van der Waals surface area contributed by atoms with Crippen molar-refractivity contribution in [2.45, 2.75) is 32.4 Å². The Bertz CT molecular complexity index is 224. The Hall–Kier alpha value is -1.00. The van der Waals surface area contributed by atoms with Gasteiger partial charge in [0.25, 0.3) is 0 Å². The maximum Gasteiger partial charge on any atom is 0.339 e. The summed E-state index contributed by atoms with van der Waals surface area (Å²) >= 11 is 0. The van der Waals surface area contributed by atoms with E-state index < -0.39 is 23.6 Å². The summed E-state index contributed by atoms with van der Waals surface area (Å²) in [5.41, 5.74) is -1.14. The molecule has 5 heteroatoms. The normalized spacial score (nSPS) is 13.5. The fourth-order valence-electron chi connectivity index (χ4n) is 0.658. The van der Waals surface area contributed by atoms with Crippen molar-refractivity contribution in [3.8, 4) is 0 Å². The average Bonchev–Trinajstić information content (AvgIpc) is 2.12. The highest BCUT2D eigenvalue weighted by atomic mass is 19.3. The molecule has 0 rings (SSSR count). The molecule has 0 bridgehead atoms. The third-order valence-corrected chi connectivity index (χ3v) is 1.59. The summed E-state index contributed by atoms with van der Waals surface area (Å²) in [7, 11) is 0. The van der Waals surface area contributed by atoms with Crippen LogP contribution in [0.25, 0.3) is 0 Å². The number of hydrogen-bond acceptors (Lipinski definition) is 2. The highest BCUT2D eigenvalue weighted by Gasteiger charge is 2.44. The first kappa shape index (κ1) is 13.0. The minimum atomic E-state index is -3.86. The summed E-state index contributed by atoms with van der Waals surface area (Å²) in [6, 6.07) is 0. The standard InChI is InChI=1S/C9H13F3O2/c1-4-5-14-8(13)6(2)9(11,12)7(3)10/h7H,2,4-5H2,1,3H3. The van der Waals surface area contributed by atoms with Gasteiger partial charge in [0.15, 0.2) is 6.17 Å². The molecule has 14 heavy (non-hydrogen) atoms. The number of carbonyl (C=O) groups excluding carboxylic acids is 1. The average molecular weight is 210 g/mol. The van der Waals surface area contributed by atoms with E-state index in [9.17, 15) is 18.0 Å². The third kappa shape index (κ3) is 3.05. The van der Waals surface area contributed by atoms with E-state index in [1.54, 1.807) is 6.92 Å². The van der Waals surface area contributed by atoms with Gasteiger partial charge in [-0.1, -0.05) is 13.5 Å². The molecule has 0 aliphatic carbocycles. The van der Waals surface area contributed by atoms with Gasteiger partial charge in [-0.15, -0.1) is 0 Å². The quantitative estimate of drug-likeness (QED) is 0.514. The molecule has 0 saturated carbocycles. The zero-order chi connectivity index (χ0) is 11.4. The Balaban J connectivity index is 4.38. The van der Waals surface area contributed by atoms with Gasteiger partial charge in [-0.2, -0.15) is 8.78 Å². The Labute approximate surface area is 80.7 Å². The van der Waals surface area contributed by atoms with Crippen LogP contribution in [0.1, 0.15) is 20.3 Å². The zero-order valence-corrected chi connectivity index (χ0v) is 8.15. The van der Waals surface area contributed by atoms with E-state index in [0.29, 0.717) is 13.3 Å². The van der Waals surface area contributed by atoms with Crippen LogP contribution in [0.3, 0.4) is 0 Å². The summed E-state index contributed by atoms with van der Waals surface area (Å²) in [4.78, 5) is 10.9. The van der Waals surface area contributed by atoms with Gasteiger partial charge in [-0.05, 0) is 13.3 Å². The molecule has 1 atom stereocenters. The van der Waals surface area contributed by atoms with Crippen LogP contribution in [0.4, 0.5) is 13.2 Å². The van der Waals surface area contributed by atoms with Gasteiger partial charge in [0, 0.05) is 0 Å². The Morgan fingerprint density at radius 2 is 2.07 bits per heavy atom. The fraction of sp³-hybridized carbons (Fsp3) is 0.667. The smallest absolute Gasteiger partial charge is 0.339 e. The molecule has 0 aliphatic rings. The first-order chi connectivity index (χ1) is 6.34. The lowest BCUT2D eigenvalue weighted by molar-refractivity contribution is -0.144. The number of alkyl halides is 3. The maximum atomic E-state index is 12.8. The van der Waals surface area contributed by atoms with E-state index in [2.05, 4.69) is 11.3 Å². The Kier molecular flexibility index (Phi) is 4.67. The third-order valence-electron chi connectivity index (χ3n) is 1.59. The molecule has 0 aromatic rings. The number of halogens is 3. The summed E-state index contributed by atoms with van der Waals surface area (Å²) in [6.07, 6.45) is -1.94. The lowest BCUT2D eigenvalue weighted by Gasteiger charge is -2.18. The molecule has 0 aromatic heterocycles. The predicted octanol–water partition coefficient (Wildman–Crippen LogP) is 2.49. The van der Waals surface area contributed by atoms with Crippen LogP contribution >= 0.6 is 0 Å². The van der Waals surface area contributed by atoms with Gasteiger partial charge >= 0.3 is 11.9 Å². The molecule has 0 spiro atoms. The maximum absolute atomic E-state index is 12.8. The van der Waals surface area contributed by atoms with E-state index in [4.69, 9.17) is 0 Å². The highest BCUT2D eigenvalue weighted by molar-refractivity contribution is 5.89. The van der Waals surface area contributed by atoms with Crippen molar-refractivity contribution in [3.63, 3.8) is 0 Å². The van der Waals surface area contributed by atoms with Gasteiger partial charge in [-0.3, -0.25) is 0 Å². The van der Waals surface area contributed by atoms with Crippen molar-refractivity contribution in [1.29, 1.82) is 0 Å².